The zero-order valence-electron chi connectivity index (χ0n) is 11.0. The molecule has 0 unspecified atom stereocenters. The molecule has 0 heterocycles. The van der Waals surface area contributed by atoms with Crippen LogP contribution in [0.1, 0.15) is 16.7 Å². The van der Waals surface area contributed by atoms with Crippen LogP contribution in [0.5, 0.6) is 0 Å². The van der Waals surface area contributed by atoms with E-state index in [1.54, 1.807) is 0 Å². The van der Waals surface area contributed by atoms with Crippen molar-refractivity contribution >= 4 is 21.9 Å². The average molecular weight is 334 g/mol. The van der Waals surface area contributed by atoms with Crippen molar-refractivity contribution in [2.45, 2.75) is 19.6 Å². The predicted molar refractivity (Wildman–Crippen MR) is 82.0 cm³/mol. The number of rotatable bonds is 5. The van der Waals surface area contributed by atoms with Gasteiger partial charge >= 0.3 is 5.97 Å². The highest BCUT2D eigenvalue weighted by Gasteiger charge is 2.08. The van der Waals surface area contributed by atoms with Crippen LogP contribution in [0.3, 0.4) is 0 Å². The van der Waals surface area contributed by atoms with Crippen LogP contribution in [0.25, 0.3) is 0 Å². The van der Waals surface area contributed by atoms with Gasteiger partial charge < -0.3 is 10.5 Å². The summed E-state index contributed by atoms with van der Waals surface area (Å²) in [4.78, 5) is 11.8. The number of benzene rings is 2. The van der Waals surface area contributed by atoms with E-state index >= 15 is 0 Å². The zero-order valence-corrected chi connectivity index (χ0v) is 12.6. The Kier molecular flexibility index (Phi) is 5.32. The number of hydrogen-bond donors (Lipinski definition) is 1. The maximum Gasteiger partial charge on any atom is 0.310 e. The lowest BCUT2D eigenvalue weighted by Gasteiger charge is -2.08. The summed E-state index contributed by atoms with van der Waals surface area (Å²) in [6.45, 7) is 0.715. The summed E-state index contributed by atoms with van der Waals surface area (Å²) in [5.74, 6) is -0.242. The summed E-state index contributed by atoms with van der Waals surface area (Å²) >= 11 is 3.37. The molecule has 2 N–H and O–H groups in total. The summed E-state index contributed by atoms with van der Waals surface area (Å²) < 4.78 is 6.28. The number of carbonyl (C=O) groups excluding carboxylic acids is 1. The molecule has 0 saturated carbocycles. The number of hydrogen-bond acceptors (Lipinski definition) is 3. The molecule has 0 fully saturated rings. The number of esters is 1. The molecule has 3 nitrogen and oxygen atoms in total. The summed E-state index contributed by atoms with van der Waals surface area (Å²) in [6.07, 6.45) is 0.254. The average Bonchev–Trinajstić information content (AvgIpc) is 2.47. The molecule has 0 atom stereocenters. The first kappa shape index (κ1) is 14.8. The van der Waals surface area contributed by atoms with Gasteiger partial charge in [0.05, 0.1) is 6.42 Å². The molecular formula is C16H16BrNO2. The van der Waals surface area contributed by atoms with E-state index in [0.717, 1.165) is 21.2 Å². The second-order valence-electron chi connectivity index (χ2n) is 4.44. The monoisotopic (exact) mass is 333 g/mol. The molecule has 0 aliphatic rings. The molecular weight excluding hydrogens is 318 g/mol. The van der Waals surface area contributed by atoms with Gasteiger partial charge in [-0.1, -0.05) is 52.3 Å². The highest BCUT2D eigenvalue weighted by molar-refractivity contribution is 9.10. The first-order valence-corrected chi connectivity index (χ1v) is 7.15. The Morgan fingerprint density at radius 2 is 1.70 bits per heavy atom. The number of carbonyl (C=O) groups is 1. The maximum atomic E-state index is 11.8. The Hall–Kier alpha value is -1.65. The van der Waals surface area contributed by atoms with Gasteiger partial charge in [0, 0.05) is 11.0 Å². The van der Waals surface area contributed by atoms with Crippen molar-refractivity contribution in [1.29, 1.82) is 0 Å². The summed E-state index contributed by atoms with van der Waals surface area (Å²) in [5.41, 5.74) is 8.52. The molecule has 0 radical (unpaired) electrons. The molecule has 0 spiro atoms. The van der Waals surface area contributed by atoms with Gasteiger partial charge in [-0.05, 0) is 28.8 Å². The van der Waals surface area contributed by atoms with Crippen molar-refractivity contribution in [3.8, 4) is 0 Å². The van der Waals surface area contributed by atoms with Crippen LogP contribution in [0.15, 0.2) is 53.0 Å². The van der Waals surface area contributed by atoms with E-state index in [2.05, 4.69) is 15.9 Å². The largest absolute Gasteiger partial charge is 0.461 e. The smallest absolute Gasteiger partial charge is 0.310 e. The van der Waals surface area contributed by atoms with Crippen molar-refractivity contribution in [1.82, 2.24) is 0 Å². The number of nitrogens with two attached hydrogens (primary N) is 1. The van der Waals surface area contributed by atoms with E-state index in [4.69, 9.17) is 10.5 Å². The van der Waals surface area contributed by atoms with Gasteiger partial charge in [-0.3, -0.25) is 4.79 Å². The fourth-order valence-corrected chi connectivity index (χ4v) is 2.14. The van der Waals surface area contributed by atoms with Crippen LogP contribution in [0.2, 0.25) is 0 Å². The summed E-state index contributed by atoms with van der Waals surface area (Å²) in [6, 6.07) is 15.3. The van der Waals surface area contributed by atoms with Crippen molar-refractivity contribution in [3.63, 3.8) is 0 Å². The first-order valence-electron chi connectivity index (χ1n) is 6.36. The SMILES string of the molecule is NCc1ccccc1CC(=O)OCc1ccc(Br)cc1. The molecule has 104 valence electrons. The summed E-state index contributed by atoms with van der Waals surface area (Å²) in [5, 5.41) is 0. The van der Waals surface area contributed by atoms with Gasteiger partial charge in [0.25, 0.3) is 0 Å². The highest BCUT2D eigenvalue weighted by atomic mass is 79.9. The Bertz CT molecular complexity index is 581. The maximum absolute atomic E-state index is 11.8. The van der Waals surface area contributed by atoms with E-state index in [9.17, 15) is 4.79 Å². The van der Waals surface area contributed by atoms with Gasteiger partial charge in [-0.2, -0.15) is 0 Å². The molecule has 0 aromatic heterocycles. The molecule has 4 heteroatoms. The van der Waals surface area contributed by atoms with Gasteiger partial charge in [-0.25, -0.2) is 0 Å². The Balaban J connectivity index is 1.91. The minimum atomic E-state index is -0.242. The van der Waals surface area contributed by atoms with Crippen molar-refractivity contribution < 1.29 is 9.53 Å². The van der Waals surface area contributed by atoms with Crippen molar-refractivity contribution in [3.05, 3.63) is 69.7 Å². The van der Waals surface area contributed by atoms with Crippen LogP contribution >= 0.6 is 15.9 Å². The van der Waals surface area contributed by atoms with Gasteiger partial charge in [0.15, 0.2) is 0 Å². The van der Waals surface area contributed by atoms with E-state index in [1.807, 2.05) is 48.5 Å². The molecule has 0 amide bonds. The van der Waals surface area contributed by atoms with E-state index in [-0.39, 0.29) is 19.0 Å². The van der Waals surface area contributed by atoms with Crippen LogP contribution in [0.4, 0.5) is 0 Å². The second kappa shape index (κ2) is 7.22. The fourth-order valence-electron chi connectivity index (χ4n) is 1.88. The van der Waals surface area contributed by atoms with E-state index in [0.29, 0.717) is 6.54 Å². The zero-order chi connectivity index (χ0) is 14.4. The predicted octanol–water partition coefficient (Wildman–Crippen LogP) is 3.19. The molecule has 0 bridgehead atoms. The second-order valence-corrected chi connectivity index (χ2v) is 5.35. The normalized spacial score (nSPS) is 10.3. The standard InChI is InChI=1S/C16H16BrNO2/c17-15-7-5-12(6-8-15)11-20-16(19)9-13-3-1-2-4-14(13)10-18/h1-8H,9-11,18H2. The third-order valence-corrected chi connectivity index (χ3v) is 3.51. The fraction of sp³-hybridized carbons (Fsp3) is 0.188. The quantitative estimate of drug-likeness (QED) is 0.855. The Labute approximate surface area is 126 Å². The third kappa shape index (κ3) is 4.18. The molecule has 2 aromatic rings. The molecule has 0 aliphatic carbocycles. The first-order chi connectivity index (χ1) is 9.69. The molecule has 0 aliphatic heterocycles. The lowest BCUT2D eigenvalue weighted by molar-refractivity contribution is -0.144. The Morgan fingerprint density at radius 1 is 1.05 bits per heavy atom. The lowest BCUT2D eigenvalue weighted by Crippen LogP contribution is -2.11. The molecule has 20 heavy (non-hydrogen) atoms. The van der Waals surface area contributed by atoms with E-state index < -0.39 is 0 Å². The summed E-state index contributed by atoms with van der Waals surface area (Å²) in [7, 11) is 0. The van der Waals surface area contributed by atoms with Crippen molar-refractivity contribution in [2.24, 2.45) is 5.73 Å². The van der Waals surface area contributed by atoms with Gasteiger partial charge in [-0.15, -0.1) is 0 Å². The Morgan fingerprint density at radius 3 is 2.35 bits per heavy atom. The minimum Gasteiger partial charge on any atom is -0.461 e. The van der Waals surface area contributed by atoms with Crippen LogP contribution in [0, 0.1) is 0 Å². The third-order valence-electron chi connectivity index (χ3n) is 2.99. The van der Waals surface area contributed by atoms with Gasteiger partial charge in [0.1, 0.15) is 6.61 Å². The lowest BCUT2D eigenvalue weighted by atomic mass is 10.1. The van der Waals surface area contributed by atoms with Crippen molar-refractivity contribution in [2.75, 3.05) is 0 Å². The topological polar surface area (TPSA) is 52.3 Å². The van der Waals surface area contributed by atoms with Crippen LogP contribution in [-0.4, -0.2) is 5.97 Å². The molecule has 0 saturated heterocycles. The number of halogens is 1. The minimum absolute atomic E-state index is 0.242. The van der Waals surface area contributed by atoms with E-state index in [1.165, 1.54) is 0 Å². The highest BCUT2D eigenvalue weighted by Crippen LogP contribution is 2.13. The molecule has 2 aromatic carbocycles. The van der Waals surface area contributed by atoms with Gasteiger partial charge in [0.2, 0.25) is 0 Å². The van der Waals surface area contributed by atoms with Crippen LogP contribution in [-0.2, 0) is 29.1 Å². The van der Waals surface area contributed by atoms with Crippen LogP contribution < -0.4 is 5.73 Å². The molecule has 2 rings (SSSR count). The number of ether oxygens (including phenoxy) is 1.